The van der Waals surface area contributed by atoms with E-state index in [0.29, 0.717) is 5.92 Å². The normalized spacial score (nSPS) is 16.7. The van der Waals surface area contributed by atoms with E-state index in [2.05, 4.69) is 34.7 Å². The number of hydrogen-bond donors (Lipinski definition) is 1. The number of piperidine rings is 1. The molecular formula is C15H20N4. The van der Waals surface area contributed by atoms with Gasteiger partial charge in [0, 0.05) is 19.4 Å². The standard InChI is InChI=1S/C15H20N4/c1-19-14(11-12-5-3-2-4-6-12)17-15(18-19)13-7-9-16-10-8-13/h2-6,13,16H,7-11H2,1H3. The van der Waals surface area contributed by atoms with Gasteiger partial charge in [-0.15, -0.1) is 0 Å². The Morgan fingerprint density at radius 2 is 1.95 bits per heavy atom. The first kappa shape index (κ1) is 12.4. The van der Waals surface area contributed by atoms with Crippen molar-refractivity contribution in [2.24, 2.45) is 7.05 Å². The van der Waals surface area contributed by atoms with Crippen molar-refractivity contribution in [3.63, 3.8) is 0 Å². The number of hydrogen-bond acceptors (Lipinski definition) is 3. The summed E-state index contributed by atoms with van der Waals surface area (Å²) in [4.78, 5) is 4.75. The molecule has 4 heteroatoms. The van der Waals surface area contributed by atoms with Crippen LogP contribution in [-0.4, -0.2) is 27.9 Å². The highest BCUT2D eigenvalue weighted by Crippen LogP contribution is 2.22. The Bertz CT molecular complexity index is 526. The summed E-state index contributed by atoms with van der Waals surface area (Å²) < 4.78 is 1.93. The molecule has 1 fully saturated rings. The average molecular weight is 256 g/mol. The molecule has 4 nitrogen and oxygen atoms in total. The lowest BCUT2D eigenvalue weighted by Gasteiger charge is -2.19. The first-order valence-corrected chi connectivity index (χ1v) is 6.97. The molecule has 0 aliphatic carbocycles. The van der Waals surface area contributed by atoms with Gasteiger partial charge >= 0.3 is 0 Å². The van der Waals surface area contributed by atoms with Crippen molar-refractivity contribution in [2.45, 2.75) is 25.2 Å². The first-order chi connectivity index (χ1) is 9.33. The van der Waals surface area contributed by atoms with Crippen molar-refractivity contribution in [1.29, 1.82) is 0 Å². The Morgan fingerprint density at radius 1 is 1.21 bits per heavy atom. The molecule has 0 spiro atoms. The molecule has 0 radical (unpaired) electrons. The topological polar surface area (TPSA) is 42.7 Å². The van der Waals surface area contributed by atoms with Crippen molar-refractivity contribution >= 4 is 0 Å². The summed E-state index contributed by atoms with van der Waals surface area (Å²) in [5.41, 5.74) is 1.29. The van der Waals surface area contributed by atoms with Gasteiger partial charge in [-0.05, 0) is 31.5 Å². The summed E-state index contributed by atoms with van der Waals surface area (Å²) in [6.45, 7) is 2.16. The monoisotopic (exact) mass is 256 g/mol. The minimum absolute atomic E-state index is 0.525. The third-order valence-electron chi connectivity index (χ3n) is 3.78. The summed E-state index contributed by atoms with van der Waals surface area (Å²) in [7, 11) is 2.00. The van der Waals surface area contributed by atoms with Crippen molar-refractivity contribution in [3.8, 4) is 0 Å². The van der Waals surface area contributed by atoms with E-state index in [1.807, 2.05) is 17.8 Å². The molecular weight excluding hydrogens is 236 g/mol. The third kappa shape index (κ3) is 2.84. The van der Waals surface area contributed by atoms with Gasteiger partial charge in [0.2, 0.25) is 0 Å². The Balaban J connectivity index is 1.77. The number of benzene rings is 1. The zero-order chi connectivity index (χ0) is 13.1. The van der Waals surface area contributed by atoms with Gasteiger partial charge in [-0.2, -0.15) is 5.10 Å². The predicted octanol–water partition coefficient (Wildman–Crippen LogP) is 1.87. The smallest absolute Gasteiger partial charge is 0.154 e. The van der Waals surface area contributed by atoms with Crippen LogP contribution >= 0.6 is 0 Å². The second-order valence-electron chi connectivity index (χ2n) is 5.20. The number of rotatable bonds is 3. The van der Waals surface area contributed by atoms with Crippen LogP contribution in [0.15, 0.2) is 30.3 Å². The highest BCUT2D eigenvalue weighted by Gasteiger charge is 2.20. The molecule has 1 aromatic carbocycles. The molecule has 2 heterocycles. The van der Waals surface area contributed by atoms with E-state index in [1.54, 1.807) is 0 Å². The fourth-order valence-electron chi connectivity index (χ4n) is 2.62. The quantitative estimate of drug-likeness (QED) is 0.911. The molecule has 19 heavy (non-hydrogen) atoms. The predicted molar refractivity (Wildman–Crippen MR) is 75.1 cm³/mol. The van der Waals surface area contributed by atoms with Crippen molar-refractivity contribution < 1.29 is 0 Å². The summed E-state index contributed by atoms with van der Waals surface area (Å²) in [6.07, 6.45) is 3.15. The van der Waals surface area contributed by atoms with Crippen LogP contribution in [0.1, 0.15) is 36.0 Å². The van der Waals surface area contributed by atoms with E-state index in [9.17, 15) is 0 Å². The summed E-state index contributed by atoms with van der Waals surface area (Å²) in [5, 5.41) is 7.99. The fraction of sp³-hybridized carbons (Fsp3) is 0.467. The van der Waals surface area contributed by atoms with Gasteiger partial charge in [0.1, 0.15) is 5.82 Å². The molecule has 0 bridgehead atoms. The van der Waals surface area contributed by atoms with Gasteiger partial charge in [-0.3, -0.25) is 4.68 Å². The zero-order valence-corrected chi connectivity index (χ0v) is 11.3. The zero-order valence-electron chi connectivity index (χ0n) is 11.3. The Kier molecular flexibility index (Phi) is 3.60. The van der Waals surface area contributed by atoms with E-state index in [1.165, 1.54) is 5.56 Å². The van der Waals surface area contributed by atoms with Gasteiger partial charge in [0.05, 0.1) is 0 Å². The molecule has 1 N–H and O–H groups in total. The highest BCUT2D eigenvalue weighted by molar-refractivity contribution is 5.19. The van der Waals surface area contributed by atoms with E-state index >= 15 is 0 Å². The van der Waals surface area contributed by atoms with Crippen LogP contribution in [-0.2, 0) is 13.5 Å². The fourth-order valence-corrected chi connectivity index (χ4v) is 2.62. The van der Waals surface area contributed by atoms with E-state index in [4.69, 9.17) is 4.98 Å². The largest absolute Gasteiger partial charge is 0.317 e. The lowest BCUT2D eigenvalue weighted by Crippen LogP contribution is -2.27. The molecule has 0 atom stereocenters. The molecule has 2 aromatic rings. The Labute approximate surface area is 113 Å². The van der Waals surface area contributed by atoms with Crippen LogP contribution in [0.25, 0.3) is 0 Å². The van der Waals surface area contributed by atoms with Gasteiger partial charge in [0.15, 0.2) is 5.82 Å². The lowest BCUT2D eigenvalue weighted by molar-refractivity contribution is 0.443. The van der Waals surface area contributed by atoms with Crippen molar-refractivity contribution in [3.05, 3.63) is 47.5 Å². The van der Waals surface area contributed by atoms with Crippen LogP contribution in [0.2, 0.25) is 0 Å². The summed E-state index contributed by atoms with van der Waals surface area (Å²) in [6, 6.07) is 10.5. The van der Waals surface area contributed by atoms with Crippen LogP contribution in [0, 0.1) is 0 Å². The van der Waals surface area contributed by atoms with Gasteiger partial charge < -0.3 is 5.32 Å². The van der Waals surface area contributed by atoms with E-state index in [0.717, 1.165) is 44.0 Å². The second-order valence-corrected chi connectivity index (χ2v) is 5.20. The Morgan fingerprint density at radius 3 is 2.68 bits per heavy atom. The molecule has 1 aliphatic heterocycles. The maximum atomic E-state index is 4.75. The minimum atomic E-state index is 0.525. The molecule has 3 rings (SSSR count). The molecule has 1 saturated heterocycles. The van der Waals surface area contributed by atoms with Crippen LogP contribution in [0.5, 0.6) is 0 Å². The van der Waals surface area contributed by atoms with Crippen LogP contribution < -0.4 is 5.32 Å². The minimum Gasteiger partial charge on any atom is -0.317 e. The lowest BCUT2D eigenvalue weighted by atomic mass is 9.98. The number of aromatic nitrogens is 3. The number of aryl methyl sites for hydroxylation is 1. The average Bonchev–Trinajstić information content (AvgIpc) is 2.82. The third-order valence-corrected chi connectivity index (χ3v) is 3.78. The maximum absolute atomic E-state index is 4.75. The molecule has 0 amide bonds. The molecule has 1 aliphatic rings. The van der Waals surface area contributed by atoms with Crippen LogP contribution in [0.4, 0.5) is 0 Å². The van der Waals surface area contributed by atoms with Crippen LogP contribution in [0.3, 0.4) is 0 Å². The molecule has 1 aromatic heterocycles. The molecule has 100 valence electrons. The number of nitrogens with zero attached hydrogens (tertiary/aromatic N) is 3. The maximum Gasteiger partial charge on any atom is 0.154 e. The SMILES string of the molecule is Cn1nc(C2CCNCC2)nc1Cc1ccccc1. The molecule has 0 unspecified atom stereocenters. The van der Waals surface area contributed by atoms with Crippen molar-refractivity contribution in [2.75, 3.05) is 13.1 Å². The second kappa shape index (κ2) is 5.53. The number of nitrogens with one attached hydrogen (secondary N) is 1. The first-order valence-electron chi connectivity index (χ1n) is 6.97. The van der Waals surface area contributed by atoms with Gasteiger partial charge in [0.25, 0.3) is 0 Å². The van der Waals surface area contributed by atoms with Gasteiger partial charge in [-0.25, -0.2) is 4.98 Å². The van der Waals surface area contributed by atoms with E-state index < -0.39 is 0 Å². The Hall–Kier alpha value is -1.68. The highest BCUT2D eigenvalue weighted by atomic mass is 15.3. The molecule has 0 saturated carbocycles. The summed E-state index contributed by atoms with van der Waals surface area (Å²) in [5.74, 6) is 2.60. The van der Waals surface area contributed by atoms with Crippen molar-refractivity contribution in [1.82, 2.24) is 20.1 Å². The van der Waals surface area contributed by atoms with Gasteiger partial charge in [-0.1, -0.05) is 30.3 Å². The summed E-state index contributed by atoms with van der Waals surface area (Å²) >= 11 is 0. The van der Waals surface area contributed by atoms with E-state index in [-0.39, 0.29) is 0 Å².